The smallest absolute Gasteiger partial charge is 0.144 e. The second-order valence-electron chi connectivity index (χ2n) is 1.08. The molecule has 0 heterocycles. The molecule has 0 atom stereocenters. The second kappa shape index (κ2) is 5.55. The Kier molecular flexibility index (Phi) is 7.73. The van der Waals surface area contributed by atoms with Crippen molar-refractivity contribution in [2.75, 3.05) is 6.54 Å². The number of ketones is 1. The Bertz CT molecular complexity index is 54.9. The molecule has 0 saturated heterocycles. The van der Waals surface area contributed by atoms with Crippen molar-refractivity contribution < 1.29 is 10.3 Å². The molecule has 0 unspecified atom stereocenters. The number of nitrogens with two attached hydrogens (primary N) is 1. The largest absolute Gasteiger partial charge is 0.412 e. The predicted octanol–water partition coefficient (Wildman–Crippen LogP) is -1.79. The van der Waals surface area contributed by atoms with E-state index in [9.17, 15) is 4.79 Å². The number of hydrazine groups is 1. The van der Waals surface area contributed by atoms with Gasteiger partial charge in [0.15, 0.2) is 0 Å². The summed E-state index contributed by atoms with van der Waals surface area (Å²) in [7, 11) is 0. The summed E-state index contributed by atoms with van der Waals surface area (Å²) in [5, 5.41) is 0. The van der Waals surface area contributed by atoms with Crippen LogP contribution in [0.15, 0.2) is 0 Å². The van der Waals surface area contributed by atoms with E-state index >= 15 is 0 Å². The summed E-state index contributed by atoms with van der Waals surface area (Å²) >= 11 is 0. The lowest BCUT2D eigenvalue weighted by Gasteiger charge is -1.85. The van der Waals surface area contributed by atoms with Crippen molar-refractivity contribution >= 4 is 5.78 Å². The summed E-state index contributed by atoms with van der Waals surface area (Å²) in [5.74, 6) is 4.81. The van der Waals surface area contributed by atoms with Crippen LogP contribution in [0, 0.1) is 0 Å². The minimum atomic E-state index is 0. The summed E-state index contributed by atoms with van der Waals surface area (Å²) in [6.07, 6.45) is 0. The van der Waals surface area contributed by atoms with E-state index in [1.54, 1.807) is 0 Å². The van der Waals surface area contributed by atoms with Gasteiger partial charge in [-0.1, -0.05) is 0 Å². The van der Waals surface area contributed by atoms with Crippen LogP contribution in [-0.4, -0.2) is 17.8 Å². The number of hydrogen-bond donors (Lipinski definition) is 2. The molecule has 0 aliphatic rings. The molecule has 0 aromatic carbocycles. The number of rotatable bonds is 2. The SMILES string of the molecule is CC(=O)CNN.O. The minimum absolute atomic E-state index is 0. The van der Waals surface area contributed by atoms with Crippen molar-refractivity contribution in [1.29, 1.82) is 0 Å². The quantitative estimate of drug-likeness (QED) is 0.322. The van der Waals surface area contributed by atoms with E-state index in [1.807, 2.05) is 0 Å². The fourth-order valence-corrected chi connectivity index (χ4v) is 0.144. The molecule has 0 radical (unpaired) electrons. The molecule has 4 heteroatoms. The van der Waals surface area contributed by atoms with Gasteiger partial charge in [-0.3, -0.25) is 16.1 Å². The van der Waals surface area contributed by atoms with E-state index < -0.39 is 0 Å². The maximum Gasteiger partial charge on any atom is 0.144 e. The first-order chi connectivity index (χ1) is 2.77. The van der Waals surface area contributed by atoms with Crippen LogP contribution in [0.2, 0.25) is 0 Å². The van der Waals surface area contributed by atoms with Crippen molar-refractivity contribution in [3.05, 3.63) is 0 Å². The fourth-order valence-electron chi connectivity index (χ4n) is 0.144. The monoisotopic (exact) mass is 106 g/mol. The Morgan fingerprint density at radius 2 is 2.29 bits per heavy atom. The van der Waals surface area contributed by atoms with Gasteiger partial charge in [-0.2, -0.15) is 0 Å². The Balaban J connectivity index is 0. The first-order valence-corrected chi connectivity index (χ1v) is 1.70. The van der Waals surface area contributed by atoms with E-state index in [-0.39, 0.29) is 17.8 Å². The molecule has 0 fully saturated rings. The van der Waals surface area contributed by atoms with Gasteiger partial charge < -0.3 is 5.48 Å². The molecule has 0 aromatic heterocycles. The molecule has 0 spiro atoms. The second-order valence-corrected chi connectivity index (χ2v) is 1.08. The molecule has 0 amide bonds. The highest BCUT2D eigenvalue weighted by Crippen LogP contribution is 1.55. The van der Waals surface area contributed by atoms with E-state index in [4.69, 9.17) is 5.84 Å². The highest BCUT2D eigenvalue weighted by atomic mass is 16.1. The van der Waals surface area contributed by atoms with E-state index in [1.165, 1.54) is 6.92 Å². The molecule has 4 nitrogen and oxygen atoms in total. The lowest BCUT2D eigenvalue weighted by Crippen LogP contribution is -2.27. The topological polar surface area (TPSA) is 86.6 Å². The zero-order valence-corrected chi connectivity index (χ0v) is 4.19. The Labute approximate surface area is 42.0 Å². The number of Topliss-reactive ketones (excluding diaryl/α,β-unsaturated/α-hetero) is 1. The summed E-state index contributed by atoms with van der Waals surface area (Å²) in [6.45, 7) is 1.74. The van der Waals surface area contributed by atoms with Gasteiger partial charge >= 0.3 is 0 Å². The number of carbonyl (C=O) groups is 1. The van der Waals surface area contributed by atoms with Gasteiger partial charge in [0.25, 0.3) is 0 Å². The van der Waals surface area contributed by atoms with E-state index in [2.05, 4.69) is 5.43 Å². The third kappa shape index (κ3) is 10.8. The van der Waals surface area contributed by atoms with Crippen molar-refractivity contribution in [2.45, 2.75) is 6.92 Å². The highest BCUT2D eigenvalue weighted by molar-refractivity contribution is 5.77. The Morgan fingerprint density at radius 3 is 2.29 bits per heavy atom. The van der Waals surface area contributed by atoms with Gasteiger partial charge in [0.2, 0.25) is 0 Å². The fraction of sp³-hybridized carbons (Fsp3) is 0.667. The molecule has 0 aliphatic carbocycles. The van der Waals surface area contributed by atoms with Crippen LogP contribution in [0.3, 0.4) is 0 Å². The van der Waals surface area contributed by atoms with Gasteiger partial charge in [-0.25, -0.2) is 0 Å². The van der Waals surface area contributed by atoms with Crippen LogP contribution >= 0.6 is 0 Å². The van der Waals surface area contributed by atoms with Crippen molar-refractivity contribution in [1.82, 2.24) is 5.43 Å². The van der Waals surface area contributed by atoms with Crippen LogP contribution in [0.5, 0.6) is 0 Å². The number of hydrogen-bond acceptors (Lipinski definition) is 3. The van der Waals surface area contributed by atoms with Gasteiger partial charge in [0.1, 0.15) is 5.78 Å². The molecule has 44 valence electrons. The lowest BCUT2D eigenvalue weighted by molar-refractivity contribution is -0.116. The summed E-state index contributed by atoms with van der Waals surface area (Å²) < 4.78 is 0. The minimum Gasteiger partial charge on any atom is -0.412 e. The summed E-state index contributed by atoms with van der Waals surface area (Å²) in [6, 6.07) is 0. The predicted molar refractivity (Wildman–Crippen MR) is 26.5 cm³/mol. The summed E-state index contributed by atoms with van der Waals surface area (Å²) in [4.78, 5) is 9.90. The number of carbonyl (C=O) groups excluding carboxylic acids is 1. The van der Waals surface area contributed by atoms with Crippen LogP contribution in [-0.2, 0) is 4.79 Å². The zero-order chi connectivity index (χ0) is 4.99. The van der Waals surface area contributed by atoms with Crippen molar-refractivity contribution in [3.8, 4) is 0 Å². The molecule has 0 aromatic rings. The first-order valence-electron chi connectivity index (χ1n) is 1.70. The van der Waals surface area contributed by atoms with Crippen molar-refractivity contribution in [3.63, 3.8) is 0 Å². The standard InChI is InChI=1S/C3H8N2O.H2O/c1-3(6)2-5-4;/h5H,2,4H2,1H3;1H2. The van der Waals surface area contributed by atoms with Crippen LogP contribution in [0.1, 0.15) is 6.92 Å². The molecule has 5 N–H and O–H groups in total. The van der Waals surface area contributed by atoms with Gasteiger partial charge in [-0.05, 0) is 6.92 Å². The van der Waals surface area contributed by atoms with Crippen LogP contribution < -0.4 is 11.3 Å². The normalized spacial score (nSPS) is 7.14. The summed E-state index contributed by atoms with van der Waals surface area (Å²) in [5.41, 5.74) is 2.22. The molecular weight excluding hydrogens is 96.0 g/mol. The lowest BCUT2D eigenvalue weighted by atomic mass is 10.5. The van der Waals surface area contributed by atoms with Crippen LogP contribution in [0.4, 0.5) is 0 Å². The third-order valence-corrected chi connectivity index (χ3v) is 0.351. The molecule has 7 heavy (non-hydrogen) atoms. The van der Waals surface area contributed by atoms with Crippen molar-refractivity contribution in [2.24, 2.45) is 5.84 Å². The maximum atomic E-state index is 9.90. The third-order valence-electron chi connectivity index (χ3n) is 0.351. The van der Waals surface area contributed by atoms with E-state index in [0.29, 0.717) is 0 Å². The molecule has 0 rings (SSSR count). The van der Waals surface area contributed by atoms with Crippen LogP contribution in [0.25, 0.3) is 0 Å². The average molecular weight is 106 g/mol. The first kappa shape index (κ1) is 9.75. The maximum absolute atomic E-state index is 9.90. The molecule has 0 bridgehead atoms. The Morgan fingerprint density at radius 1 is 1.86 bits per heavy atom. The van der Waals surface area contributed by atoms with Gasteiger partial charge in [0, 0.05) is 0 Å². The molecule has 0 saturated carbocycles. The average Bonchev–Trinajstić information content (AvgIpc) is 1.35. The highest BCUT2D eigenvalue weighted by Gasteiger charge is 1.82. The van der Waals surface area contributed by atoms with Gasteiger partial charge in [-0.15, -0.1) is 0 Å². The number of nitrogens with one attached hydrogen (secondary N) is 1. The Hall–Kier alpha value is -0.450. The van der Waals surface area contributed by atoms with E-state index in [0.717, 1.165) is 0 Å². The zero-order valence-electron chi connectivity index (χ0n) is 4.19. The molecular formula is C3H10N2O2. The molecule has 0 aliphatic heterocycles. The van der Waals surface area contributed by atoms with Gasteiger partial charge in [0.05, 0.1) is 6.54 Å².